The summed E-state index contributed by atoms with van der Waals surface area (Å²) in [4.78, 5) is 0. The molecule has 3 rings (SSSR count). The average molecular weight is 278 g/mol. The quantitative estimate of drug-likeness (QED) is 0.672. The van der Waals surface area contributed by atoms with Crippen LogP contribution in [0.15, 0.2) is 30.8 Å². The summed E-state index contributed by atoms with van der Waals surface area (Å²) in [5, 5.41) is 16.0. The van der Waals surface area contributed by atoms with Gasteiger partial charge in [-0.05, 0) is 13.0 Å². The van der Waals surface area contributed by atoms with Crippen molar-refractivity contribution >= 4 is 11.8 Å². The van der Waals surface area contributed by atoms with Gasteiger partial charge in [-0.25, -0.2) is 0 Å². The molecule has 7 nitrogen and oxygen atoms in total. The van der Waals surface area contributed by atoms with Crippen molar-refractivity contribution in [3.63, 3.8) is 0 Å². The lowest BCUT2D eigenvalue weighted by Crippen LogP contribution is -1.80. The van der Waals surface area contributed by atoms with Crippen LogP contribution in [-0.4, -0.2) is 20.4 Å². The molecular formula is C11H10N4O3S. The summed E-state index contributed by atoms with van der Waals surface area (Å²) in [6, 6.07) is 1.79. The maximum atomic E-state index is 5.53. The molecule has 0 saturated carbocycles. The summed E-state index contributed by atoms with van der Waals surface area (Å²) < 4.78 is 16.0. The molecular weight excluding hydrogens is 268 g/mol. The molecule has 0 amide bonds. The summed E-state index contributed by atoms with van der Waals surface area (Å²) >= 11 is 1.34. The number of thioether (sulfide) groups is 1. The van der Waals surface area contributed by atoms with Gasteiger partial charge in [0.15, 0.2) is 0 Å². The van der Waals surface area contributed by atoms with E-state index in [1.165, 1.54) is 11.8 Å². The molecule has 0 spiro atoms. The van der Waals surface area contributed by atoms with Gasteiger partial charge in [0.1, 0.15) is 5.76 Å². The predicted octanol–water partition coefficient (Wildman–Crippen LogP) is 2.62. The van der Waals surface area contributed by atoms with Crippen LogP contribution in [0.5, 0.6) is 0 Å². The standard InChI is InChI=1S/C11H10N4O3S/c1-6-8(3-4-16-6)10-14-15-11(18-10)19-5-9-13-12-7(2)17-9/h3-4H,5H2,1-2H3. The number of hydrogen-bond acceptors (Lipinski definition) is 8. The van der Waals surface area contributed by atoms with E-state index in [9.17, 15) is 0 Å². The zero-order chi connectivity index (χ0) is 13.2. The van der Waals surface area contributed by atoms with Crippen LogP contribution >= 0.6 is 11.8 Å². The Morgan fingerprint density at radius 2 is 2.00 bits per heavy atom. The van der Waals surface area contributed by atoms with Crippen molar-refractivity contribution < 1.29 is 13.3 Å². The number of hydrogen-bond donors (Lipinski definition) is 0. The zero-order valence-corrected chi connectivity index (χ0v) is 11.1. The van der Waals surface area contributed by atoms with E-state index in [-0.39, 0.29) is 0 Å². The Bertz CT molecular complexity index is 687. The van der Waals surface area contributed by atoms with Gasteiger partial charge in [0.2, 0.25) is 11.8 Å². The molecule has 0 aliphatic carbocycles. The van der Waals surface area contributed by atoms with Crippen molar-refractivity contribution in [2.24, 2.45) is 0 Å². The van der Waals surface area contributed by atoms with Crippen LogP contribution in [0.1, 0.15) is 17.5 Å². The Hall–Kier alpha value is -2.09. The third-order valence-corrected chi connectivity index (χ3v) is 3.19. The molecule has 98 valence electrons. The van der Waals surface area contributed by atoms with E-state index in [0.29, 0.717) is 28.6 Å². The van der Waals surface area contributed by atoms with Crippen molar-refractivity contribution in [2.75, 3.05) is 0 Å². The van der Waals surface area contributed by atoms with Gasteiger partial charge < -0.3 is 13.3 Å². The van der Waals surface area contributed by atoms with Gasteiger partial charge in [-0.2, -0.15) is 0 Å². The molecule has 0 radical (unpaired) electrons. The fourth-order valence-corrected chi connectivity index (χ4v) is 2.10. The zero-order valence-electron chi connectivity index (χ0n) is 10.3. The fourth-order valence-electron chi connectivity index (χ4n) is 1.50. The van der Waals surface area contributed by atoms with E-state index in [0.717, 1.165) is 11.3 Å². The summed E-state index contributed by atoms with van der Waals surface area (Å²) in [5.74, 6) is 2.74. The Kier molecular flexibility index (Phi) is 3.08. The van der Waals surface area contributed by atoms with Crippen LogP contribution in [0, 0.1) is 13.8 Å². The second-order valence-electron chi connectivity index (χ2n) is 3.77. The van der Waals surface area contributed by atoms with Crippen molar-refractivity contribution in [3.8, 4) is 11.5 Å². The van der Waals surface area contributed by atoms with Crippen LogP contribution in [0.2, 0.25) is 0 Å². The van der Waals surface area contributed by atoms with E-state index in [1.54, 1.807) is 19.3 Å². The van der Waals surface area contributed by atoms with Crippen LogP contribution in [-0.2, 0) is 5.75 Å². The van der Waals surface area contributed by atoms with Crippen molar-refractivity contribution in [1.29, 1.82) is 0 Å². The maximum absolute atomic E-state index is 5.53. The Labute approximate surface area is 112 Å². The van der Waals surface area contributed by atoms with Crippen molar-refractivity contribution in [1.82, 2.24) is 20.4 Å². The molecule has 3 aromatic rings. The predicted molar refractivity (Wildman–Crippen MR) is 65.3 cm³/mol. The summed E-state index contributed by atoms with van der Waals surface area (Å²) in [7, 11) is 0. The molecule has 0 fully saturated rings. The molecule has 3 aromatic heterocycles. The molecule has 0 aliphatic rings. The first kappa shape index (κ1) is 12.0. The topological polar surface area (TPSA) is 91.0 Å². The Balaban J connectivity index is 1.70. The Morgan fingerprint density at radius 1 is 1.11 bits per heavy atom. The molecule has 0 N–H and O–H groups in total. The first-order valence-corrected chi connectivity index (χ1v) is 6.50. The molecule has 0 aromatic carbocycles. The van der Waals surface area contributed by atoms with Crippen LogP contribution in [0.4, 0.5) is 0 Å². The van der Waals surface area contributed by atoms with E-state index in [2.05, 4.69) is 20.4 Å². The molecule has 19 heavy (non-hydrogen) atoms. The molecule has 0 aliphatic heterocycles. The van der Waals surface area contributed by atoms with Crippen LogP contribution < -0.4 is 0 Å². The number of nitrogens with zero attached hydrogens (tertiary/aromatic N) is 4. The lowest BCUT2D eigenvalue weighted by molar-refractivity contribution is 0.460. The lowest BCUT2D eigenvalue weighted by atomic mass is 10.3. The van der Waals surface area contributed by atoms with Gasteiger partial charge in [0.05, 0.1) is 17.6 Å². The van der Waals surface area contributed by atoms with Gasteiger partial charge in [0.25, 0.3) is 11.1 Å². The van der Waals surface area contributed by atoms with Crippen molar-refractivity contribution in [2.45, 2.75) is 24.8 Å². The summed E-state index contributed by atoms with van der Waals surface area (Å²) in [5.41, 5.74) is 0.799. The van der Waals surface area contributed by atoms with Gasteiger partial charge in [0, 0.05) is 6.92 Å². The van der Waals surface area contributed by atoms with Gasteiger partial charge in [-0.1, -0.05) is 11.8 Å². The van der Waals surface area contributed by atoms with Gasteiger partial charge in [-0.15, -0.1) is 20.4 Å². The molecule has 0 unspecified atom stereocenters. The minimum atomic E-state index is 0.440. The van der Waals surface area contributed by atoms with Gasteiger partial charge in [-0.3, -0.25) is 0 Å². The minimum Gasteiger partial charge on any atom is -0.469 e. The smallest absolute Gasteiger partial charge is 0.277 e. The average Bonchev–Trinajstić information content (AvgIpc) is 3.07. The second-order valence-corrected chi connectivity index (χ2v) is 4.69. The Morgan fingerprint density at radius 3 is 2.68 bits per heavy atom. The SMILES string of the molecule is Cc1nnc(CSc2nnc(-c3ccoc3C)o2)o1. The molecule has 0 atom stereocenters. The van der Waals surface area contributed by atoms with Crippen LogP contribution in [0.3, 0.4) is 0 Å². The molecule has 0 bridgehead atoms. The molecule has 8 heteroatoms. The summed E-state index contributed by atoms with van der Waals surface area (Å²) in [6.45, 7) is 3.58. The highest BCUT2D eigenvalue weighted by Gasteiger charge is 2.14. The minimum absolute atomic E-state index is 0.440. The number of aromatic nitrogens is 4. The number of aryl methyl sites for hydroxylation is 2. The third-order valence-electron chi connectivity index (χ3n) is 2.38. The first-order valence-electron chi connectivity index (χ1n) is 5.52. The molecule has 0 saturated heterocycles. The highest BCUT2D eigenvalue weighted by molar-refractivity contribution is 7.98. The monoisotopic (exact) mass is 278 g/mol. The number of rotatable bonds is 4. The number of furan rings is 1. The lowest BCUT2D eigenvalue weighted by Gasteiger charge is -1.91. The summed E-state index contributed by atoms with van der Waals surface area (Å²) in [6.07, 6.45) is 1.59. The van der Waals surface area contributed by atoms with E-state index >= 15 is 0 Å². The van der Waals surface area contributed by atoms with E-state index in [1.807, 2.05) is 6.92 Å². The van der Waals surface area contributed by atoms with Crippen LogP contribution in [0.25, 0.3) is 11.5 Å². The highest BCUT2D eigenvalue weighted by atomic mass is 32.2. The largest absolute Gasteiger partial charge is 0.469 e. The van der Waals surface area contributed by atoms with Gasteiger partial charge >= 0.3 is 0 Å². The maximum Gasteiger partial charge on any atom is 0.277 e. The van der Waals surface area contributed by atoms with E-state index < -0.39 is 0 Å². The molecule has 3 heterocycles. The highest BCUT2D eigenvalue weighted by Crippen LogP contribution is 2.27. The normalized spacial score (nSPS) is 11.1. The first-order chi connectivity index (χ1) is 9.22. The second kappa shape index (κ2) is 4.88. The fraction of sp³-hybridized carbons (Fsp3) is 0.273. The van der Waals surface area contributed by atoms with Crippen molar-refractivity contribution in [3.05, 3.63) is 29.9 Å². The third kappa shape index (κ3) is 2.53. The van der Waals surface area contributed by atoms with E-state index in [4.69, 9.17) is 13.3 Å².